The molecule has 0 aliphatic heterocycles. The number of benzene rings is 1. The lowest BCUT2D eigenvalue weighted by molar-refractivity contribution is -0.140. The van der Waals surface area contributed by atoms with E-state index in [2.05, 4.69) is 4.74 Å². The molecule has 0 fully saturated rings. The van der Waals surface area contributed by atoms with E-state index in [4.69, 9.17) is 5.73 Å². The molecule has 0 aliphatic carbocycles. The Labute approximate surface area is 91.8 Å². The van der Waals surface area contributed by atoms with Crippen LogP contribution in [-0.2, 0) is 9.53 Å². The minimum atomic E-state index is -0.365. The third kappa shape index (κ3) is 4.20. The highest BCUT2D eigenvalue weighted by molar-refractivity contribution is 7.99. The van der Waals surface area contributed by atoms with Gasteiger partial charge in [0.15, 0.2) is 0 Å². The largest absolute Gasteiger partial charge is 0.469 e. The van der Waals surface area contributed by atoms with E-state index in [9.17, 15) is 9.18 Å². The predicted octanol–water partition coefficient (Wildman–Crippen LogP) is 2.06. The number of rotatable bonds is 4. The lowest BCUT2D eigenvalue weighted by Crippen LogP contribution is -2.01. The van der Waals surface area contributed by atoms with E-state index in [-0.39, 0.29) is 11.8 Å². The quantitative estimate of drug-likeness (QED) is 0.488. The molecule has 0 spiro atoms. The molecule has 0 bridgehead atoms. The second-order valence-corrected chi connectivity index (χ2v) is 4.06. The summed E-state index contributed by atoms with van der Waals surface area (Å²) >= 11 is 1.37. The number of carbonyl (C=O) groups is 1. The van der Waals surface area contributed by atoms with Crippen molar-refractivity contribution >= 4 is 23.4 Å². The van der Waals surface area contributed by atoms with Crippen LogP contribution >= 0.6 is 11.8 Å². The van der Waals surface area contributed by atoms with Gasteiger partial charge in [0.25, 0.3) is 0 Å². The summed E-state index contributed by atoms with van der Waals surface area (Å²) in [5.74, 6) is -0.0855. The van der Waals surface area contributed by atoms with Crippen LogP contribution in [0.15, 0.2) is 23.1 Å². The topological polar surface area (TPSA) is 52.3 Å². The molecule has 0 aliphatic rings. The van der Waals surface area contributed by atoms with Crippen molar-refractivity contribution < 1.29 is 13.9 Å². The van der Waals surface area contributed by atoms with Crippen molar-refractivity contribution in [2.24, 2.45) is 0 Å². The van der Waals surface area contributed by atoms with Crippen LogP contribution in [0.3, 0.4) is 0 Å². The summed E-state index contributed by atoms with van der Waals surface area (Å²) in [4.78, 5) is 11.5. The van der Waals surface area contributed by atoms with Gasteiger partial charge in [0, 0.05) is 16.3 Å². The first-order valence-electron chi connectivity index (χ1n) is 4.37. The number of thioether (sulfide) groups is 1. The van der Waals surface area contributed by atoms with Crippen LogP contribution in [0.2, 0.25) is 0 Å². The van der Waals surface area contributed by atoms with Gasteiger partial charge in [-0.05, 0) is 18.2 Å². The number of ether oxygens (including phenoxy) is 1. The number of methoxy groups -OCH3 is 1. The normalized spacial score (nSPS) is 10.0. The Bertz CT molecular complexity index is 337. The van der Waals surface area contributed by atoms with Gasteiger partial charge in [-0.2, -0.15) is 0 Å². The first kappa shape index (κ1) is 11.8. The molecule has 82 valence electrons. The lowest BCUT2D eigenvalue weighted by Gasteiger charge is -2.02. The molecule has 1 rings (SSSR count). The maximum atomic E-state index is 12.9. The van der Waals surface area contributed by atoms with Gasteiger partial charge >= 0.3 is 5.97 Å². The summed E-state index contributed by atoms with van der Waals surface area (Å²) in [6.07, 6.45) is 0.303. The van der Waals surface area contributed by atoms with Crippen molar-refractivity contribution in [1.82, 2.24) is 0 Å². The van der Waals surface area contributed by atoms with Crippen LogP contribution in [0.25, 0.3) is 0 Å². The van der Waals surface area contributed by atoms with Crippen molar-refractivity contribution in [3.63, 3.8) is 0 Å². The van der Waals surface area contributed by atoms with Crippen molar-refractivity contribution in [2.45, 2.75) is 11.3 Å². The molecule has 2 N–H and O–H groups in total. The molecule has 5 heteroatoms. The molecule has 0 saturated heterocycles. The van der Waals surface area contributed by atoms with E-state index in [0.717, 1.165) is 4.90 Å². The van der Waals surface area contributed by atoms with Gasteiger partial charge in [0.05, 0.1) is 13.5 Å². The molecular weight excluding hydrogens is 217 g/mol. The fourth-order valence-electron chi connectivity index (χ4n) is 1.02. The zero-order valence-corrected chi connectivity index (χ0v) is 9.14. The highest BCUT2D eigenvalue weighted by Crippen LogP contribution is 2.22. The molecular formula is C10H12FNO2S. The Morgan fingerprint density at radius 3 is 2.87 bits per heavy atom. The number of esters is 1. The van der Waals surface area contributed by atoms with Crippen LogP contribution in [0.1, 0.15) is 6.42 Å². The van der Waals surface area contributed by atoms with Crippen LogP contribution in [0.5, 0.6) is 0 Å². The van der Waals surface area contributed by atoms with E-state index in [1.54, 1.807) is 6.07 Å². The van der Waals surface area contributed by atoms with Gasteiger partial charge in [-0.1, -0.05) is 0 Å². The molecule has 0 atom stereocenters. The molecule has 0 unspecified atom stereocenters. The average molecular weight is 229 g/mol. The third-order valence-corrected chi connectivity index (χ3v) is 2.67. The first-order valence-corrected chi connectivity index (χ1v) is 5.36. The summed E-state index contributed by atoms with van der Waals surface area (Å²) in [6.45, 7) is 0. The van der Waals surface area contributed by atoms with E-state index in [1.165, 1.54) is 31.0 Å². The van der Waals surface area contributed by atoms with Crippen molar-refractivity contribution in [3.8, 4) is 0 Å². The number of hydrogen-bond acceptors (Lipinski definition) is 4. The number of hydrogen-bond donors (Lipinski definition) is 1. The maximum Gasteiger partial charge on any atom is 0.306 e. The molecule has 1 aromatic rings. The van der Waals surface area contributed by atoms with Gasteiger partial charge < -0.3 is 10.5 Å². The van der Waals surface area contributed by atoms with E-state index in [1.807, 2.05) is 0 Å². The zero-order chi connectivity index (χ0) is 11.3. The Kier molecular flexibility index (Phi) is 4.42. The lowest BCUT2D eigenvalue weighted by atomic mass is 10.3. The minimum Gasteiger partial charge on any atom is -0.469 e. The summed E-state index contributed by atoms with van der Waals surface area (Å²) in [5, 5.41) is 0. The summed E-state index contributed by atoms with van der Waals surface area (Å²) < 4.78 is 17.4. The highest BCUT2D eigenvalue weighted by Gasteiger charge is 2.02. The summed E-state index contributed by atoms with van der Waals surface area (Å²) in [5.41, 5.74) is 5.86. The SMILES string of the molecule is COC(=O)CCSc1cc(N)cc(F)c1. The average Bonchev–Trinajstić information content (AvgIpc) is 2.16. The van der Waals surface area contributed by atoms with Crippen LogP contribution < -0.4 is 5.73 Å². The zero-order valence-electron chi connectivity index (χ0n) is 8.33. The molecule has 0 heterocycles. The third-order valence-electron chi connectivity index (χ3n) is 1.70. The molecule has 0 aromatic heterocycles. The Balaban J connectivity index is 2.47. The Morgan fingerprint density at radius 2 is 2.27 bits per heavy atom. The van der Waals surface area contributed by atoms with Crippen LogP contribution in [0.4, 0.5) is 10.1 Å². The van der Waals surface area contributed by atoms with E-state index in [0.29, 0.717) is 17.9 Å². The number of carbonyl (C=O) groups excluding carboxylic acids is 1. The predicted molar refractivity (Wildman–Crippen MR) is 58.2 cm³/mol. The molecule has 1 aromatic carbocycles. The van der Waals surface area contributed by atoms with Gasteiger partial charge in [0.2, 0.25) is 0 Å². The van der Waals surface area contributed by atoms with Gasteiger partial charge in [-0.15, -0.1) is 11.8 Å². The summed E-state index contributed by atoms with van der Waals surface area (Å²) in [7, 11) is 1.34. The second kappa shape index (κ2) is 5.60. The monoisotopic (exact) mass is 229 g/mol. The van der Waals surface area contributed by atoms with Crippen molar-refractivity contribution in [1.29, 1.82) is 0 Å². The van der Waals surface area contributed by atoms with Crippen LogP contribution in [0, 0.1) is 5.82 Å². The van der Waals surface area contributed by atoms with Crippen LogP contribution in [-0.4, -0.2) is 18.8 Å². The van der Waals surface area contributed by atoms with Gasteiger partial charge in [-0.3, -0.25) is 4.79 Å². The molecule has 0 amide bonds. The van der Waals surface area contributed by atoms with E-state index >= 15 is 0 Å². The number of anilines is 1. The van der Waals surface area contributed by atoms with E-state index < -0.39 is 0 Å². The first-order chi connectivity index (χ1) is 7.11. The fourth-order valence-corrected chi connectivity index (χ4v) is 1.94. The molecule has 0 saturated carbocycles. The van der Waals surface area contributed by atoms with Crippen molar-refractivity contribution in [3.05, 3.63) is 24.0 Å². The fraction of sp³-hybridized carbons (Fsp3) is 0.300. The Morgan fingerprint density at radius 1 is 1.53 bits per heavy atom. The molecule has 15 heavy (non-hydrogen) atoms. The smallest absolute Gasteiger partial charge is 0.306 e. The minimum absolute atomic E-state index is 0.271. The number of nitrogens with two attached hydrogens (primary N) is 1. The van der Waals surface area contributed by atoms with Gasteiger partial charge in [-0.25, -0.2) is 4.39 Å². The maximum absolute atomic E-state index is 12.9. The highest BCUT2D eigenvalue weighted by atomic mass is 32.2. The van der Waals surface area contributed by atoms with Crippen molar-refractivity contribution in [2.75, 3.05) is 18.6 Å². The number of nitrogen functional groups attached to an aromatic ring is 1. The second-order valence-electron chi connectivity index (χ2n) is 2.89. The summed E-state index contributed by atoms with van der Waals surface area (Å²) in [6, 6.07) is 4.31. The Hall–Kier alpha value is -1.23. The molecule has 3 nitrogen and oxygen atoms in total. The standard InChI is InChI=1S/C10H12FNO2S/c1-14-10(13)2-3-15-9-5-7(11)4-8(12)6-9/h4-6H,2-3,12H2,1H3. The number of halogens is 1. The van der Waals surface area contributed by atoms with Gasteiger partial charge in [0.1, 0.15) is 5.82 Å². The molecule has 0 radical (unpaired) electrons.